The summed E-state index contributed by atoms with van der Waals surface area (Å²) in [5, 5.41) is 44.9. The van der Waals surface area contributed by atoms with Gasteiger partial charge in [-0.3, -0.25) is 0 Å². The number of rotatable bonds is 8. The van der Waals surface area contributed by atoms with Crippen molar-refractivity contribution in [1.29, 1.82) is 5.26 Å². The Morgan fingerprint density at radius 2 is 1.10 bits per heavy atom. The van der Waals surface area contributed by atoms with E-state index in [0.29, 0.717) is 22.8 Å². The van der Waals surface area contributed by atoms with Gasteiger partial charge < -0.3 is 11.5 Å². The molecule has 7 heterocycles. The fourth-order valence-electron chi connectivity index (χ4n) is 4.98. The Bertz CT molecular complexity index is 2430. The van der Waals surface area contributed by atoms with E-state index in [1.807, 2.05) is 0 Å². The van der Waals surface area contributed by atoms with E-state index in [0.717, 1.165) is 0 Å². The van der Waals surface area contributed by atoms with Crippen LogP contribution in [0.15, 0.2) is 69.8 Å². The van der Waals surface area contributed by atoms with Crippen LogP contribution >= 0.6 is 0 Å². The number of nitriles is 1. The average Bonchev–Trinajstić information content (AvgIpc) is 3.85. The lowest BCUT2D eigenvalue weighted by molar-refractivity contribution is 0.793. The maximum Gasteiger partial charge on any atom is 0.255 e. The quantitative estimate of drug-likeness (QED) is 0.165. The highest BCUT2D eigenvalue weighted by atomic mass is 15.4. The van der Waals surface area contributed by atoms with E-state index in [9.17, 15) is 5.26 Å². The van der Waals surface area contributed by atoms with Gasteiger partial charge in [-0.15, -0.1) is 20.5 Å². The summed E-state index contributed by atoms with van der Waals surface area (Å²) in [6.45, 7) is 14.4. The molecule has 0 fully saturated rings. The zero-order chi connectivity index (χ0) is 36.5. The first kappa shape index (κ1) is 32.4. The zero-order valence-corrected chi connectivity index (χ0v) is 27.7. The van der Waals surface area contributed by atoms with Crippen LogP contribution in [0, 0.1) is 45.6 Å². The van der Waals surface area contributed by atoms with E-state index < -0.39 is 0 Å². The summed E-state index contributed by atoms with van der Waals surface area (Å²) in [4.78, 5) is 29.1. The van der Waals surface area contributed by atoms with E-state index >= 15 is 0 Å². The van der Waals surface area contributed by atoms with Crippen LogP contribution < -0.4 is 11.5 Å². The Balaban J connectivity index is 1.21. The predicted molar refractivity (Wildman–Crippen MR) is 182 cm³/mol. The molecule has 0 aliphatic heterocycles. The third-order valence-electron chi connectivity index (χ3n) is 7.44. The van der Waals surface area contributed by atoms with Gasteiger partial charge >= 0.3 is 0 Å². The van der Waals surface area contributed by atoms with Crippen LogP contribution in [0.3, 0.4) is 0 Å². The predicted octanol–water partition coefficient (Wildman–Crippen LogP) is 4.45. The Morgan fingerprint density at radius 3 is 1.60 bits per heavy atom. The van der Waals surface area contributed by atoms with Crippen molar-refractivity contribution in [3.8, 4) is 29.6 Å². The minimum Gasteiger partial charge on any atom is -0.382 e. The molecule has 52 heavy (non-hydrogen) atoms. The van der Waals surface area contributed by atoms with Gasteiger partial charge in [0, 0.05) is 30.9 Å². The zero-order valence-electron chi connectivity index (χ0n) is 27.7. The molecule has 0 saturated heterocycles. The third kappa shape index (κ3) is 5.59. The highest BCUT2D eigenvalue weighted by molar-refractivity contribution is 5.69. The Labute approximate surface area is 292 Å². The van der Waals surface area contributed by atoms with Gasteiger partial charge in [-0.25, -0.2) is 34.7 Å². The van der Waals surface area contributed by atoms with Crippen molar-refractivity contribution in [1.82, 2.24) is 69.0 Å². The number of azo groups is 2. The molecule has 7 aromatic rings. The molecule has 0 saturated carbocycles. The molecule has 22 nitrogen and oxygen atoms in total. The van der Waals surface area contributed by atoms with Gasteiger partial charge in [0.25, 0.3) is 17.6 Å². The lowest BCUT2D eigenvalue weighted by atomic mass is 10.3. The average molecular weight is 693 g/mol. The molecular weight excluding hydrogens is 668 g/mol. The van der Waals surface area contributed by atoms with Crippen LogP contribution in [0.2, 0.25) is 0 Å². The number of hydrogen-bond donors (Lipinski definition) is 2. The lowest BCUT2D eigenvalue weighted by Crippen LogP contribution is -2.09. The normalized spacial score (nSPS) is 11.4. The smallest absolute Gasteiger partial charge is 0.255 e. The Hall–Kier alpha value is -8.14. The summed E-state index contributed by atoms with van der Waals surface area (Å²) in [6, 6.07) is 6.98. The van der Waals surface area contributed by atoms with Crippen molar-refractivity contribution in [3.63, 3.8) is 0 Å². The summed E-state index contributed by atoms with van der Waals surface area (Å²) >= 11 is 0. The summed E-state index contributed by atoms with van der Waals surface area (Å²) < 4.78 is 5.38. The summed E-state index contributed by atoms with van der Waals surface area (Å²) in [5.74, 6) is 1.43. The largest absolute Gasteiger partial charge is 0.382 e. The molecule has 22 heteroatoms. The SMILES string of the molecule is [C-]#[N+]c1c(C)nn(-c2ncccn2)c1N=Nc1c(C)nn(-c2cc(-n3nc(C)c(N=Nc4c(C#N)c(C)nn4-c4ncccn4)c3N)ncn2)c1N. The first-order valence-electron chi connectivity index (χ1n) is 15.1. The van der Waals surface area contributed by atoms with Gasteiger partial charge in [-0.1, -0.05) is 0 Å². The number of aryl methyl sites for hydroxylation is 4. The molecule has 0 radical (unpaired) electrons. The first-order valence-corrected chi connectivity index (χ1v) is 15.1. The van der Waals surface area contributed by atoms with Crippen LogP contribution in [0.4, 0.5) is 40.3 Å². The van der Waals surface area contributed by atoms with Crippen molar-refractivity contribution >= 4 is 40.3 Å². The van der Waals surface area contributed by atoms with Crippen LogP contribution in [-0.4, -0.2) is 69.0 Å². The van der Waals surface area contributed by atoms with Crippen molar-refractivity contribution in [2.45, 2.75) is 27.7 Å². The number of anilines is 2. The molecule has 7 aromatic heterocycles. The van der Waals surface area contributed by atoms with Crippen LogP contribution in [-0.2, 0) is 0 Å². The second-order valence-electron chi connectivity index (χ2n) is 10.8. The first-order chi connectivity index (χ1) is 25.2. The van der Waals surface area contributed by atoms with E-state index in [1.54, 1.807) is 70.7 Å². The fourth-order valence-corrected chi connectivity index (χ4v) is 4.98. The fraction of sp³-hybridized carbons (Fsp3) is 0.133. The molecule has 0 aliphatic rings. The van der Waals surface area contributed by atoms with Gasteiger partial charge in [0.15, 0.2) is 46.3 Å². The van der Waals surface area contributed by atoms with Crippen LogP contribution in [0.25, 0.3) is 28.4 Å². The maximum atomic E-state index is 9.79. The minimum absolute atomic E-state index is 0.104. The number of aromatic nitrogens is 14. The van der Waals surface area contributed by atoms with Crippen molar-refractivity contribution in [2.24, 2.45) is 20.5 Å². The number of nitrogen functional groups attached to an aromatic ring is 2. The molecule has 0 bridgehead atoms. The molecule has 0 spiro atoms. The van der Waals surface area contributed by atoms with E-state index in [4.69, 9.17) is 18.0 Å². The standard InChI is InChI=1S/C30H24N22/c1-15-19(13-31)27(51(45-15)29-35-8-6-9-36-29)43-41-22-16(2)46-49(25(22)32)20-12-21(40-14-39-20)50-26(33)23(17(3)47-50)42-44-28-24(34-5)18(4)48-52(28)30-37-10-7-11-38-30/h6-12,14H,32-33H2,1-4H3. The second-order valence-corrected chi connectivity index (χ2v) is 10.8. The molecule has 7 rings (SSSR count). The van der Waals surface area contributed by atoms with E-state index in [-0.39, 0.29) is 69.4 Å². The highest BCUT2D eigenvalue weighted by Crippen LogP contribution is 2.37. The maximum absolute atomic E-state index is 9.79. The molecule has 0 aliphatic carbocycles. The molecule has 4 N–H and O–H groups in total. The number of hydrogen-bond acceptors (Lipinski definition) is 17. The molecular formula is C30H24N22. The summed E-state index contributed by atoms with van der Waals surface area (Å²) in [6.07, 6.45) is 7.49. The van der Waals surface area contributed by atoms with Gasteiger partial charge in [0.1, 0.15) is 18.0 Å². The minimum atomic E-state index is 0.104. The monoisotopic (exact) mass is 692 g/mol. The van der Waals surface area contributed by atoms with E-state index in [2.05, 4.69) is 81.7 Å². The van der Waals surface area contributed by atoms with Crippen LogP contribution in [0.5, 0.6) is 0 Å². The van der Waals surface area contributed by atoms with Crippen LogP contribution in [0.1, 0.15) is 28.3 Å². The van der Waals surface area contributed by atoms with Crippen molar-refractivity contribution in [3.05, 3.63) is 89.1 Å². The Morgan fingerprint density at radius 1 is 0.635 bits per heavy atom. The number of nitrogens with zero attached hydrogens (tertiary/aromatic N) is 20. The lowest BCUT2D eigenvalue weighted by Gasteiger charge is -2.06. The molecule has 0 atom stereocenters. The molecule has 0 unspecified atom stereocenters. The van der Waals surface area contributed by atoms with Gasteiger partial charge in [-0.2, -0.15) is 44.4 Å². The van der Waals surface area contributed by atoms with Gasteiger partial charge in [0.2, 0.25) is 0 Å². The molecule has 254 valence electrons. The van der Waals surface area contributed by atoms with Gasteiger partial charge in [0.05, 0.1) is 29.3 Å². The highest BCUT2D eigenvalue weighted by Gasteiger charge is 2.22. The Kier molecular flexibility index (Phi) is 8.13. The topological polar surface area (TPSA) is 278 Å². The van der Waals surface area contributed by atoms with Crippen molar-refractivity contribution < 1.29 is 0 Å². The molecule has 0 aromatic carbocycles. The van der Waals surface area contributed by atoms with E-state index in [1.165, 1.54) is 25.1 Å². The summed E-state index contributed by atoms with van der Waals surface area (Å²) in [5.41, 5.74) is 15.6. The summed E-state index contributed by atoms with van der Waals surface area (Å²) in [7, 11) is 0. The van der Waals surface area contributed by atoms with Crippen molar-refractivity contribution in [2.75, 3.05) is 11.5 Å². The van der Waals surface area contributed by atoms with Gasteiger partial charge in [-0.05, 0) is 39.8 Å². The number of nitrogens with two attached hydrogens (primary N) is 2. The molecule has 0 amide bonds. The second kappa shape index (κ2) is 13.1. The third-order valence-corrected chi connectivity index (χ3v) is 7.44.